The van der Waals surface area contributed by atoms with E-state index in [0.29, 0.717) is 5.03 Å². The fraction of sp³-hybridized carbons (Fsp3) is 0.182. The van der Waals surface area contributed by atoms with E-state index in [1.807, 2.05) is 20.0 Å². The third-order valence-electron chi connectivity index (χ3n) is 2.23. The summed E-state index contributed by atoms with van der Waals surface area (Å²) in [4.78, 5) is 15.1. The van der Waals surface area contributed by atoms with Crippen molar-refractivity contribution in [1.82, 2.24) is 14.8 Å². The Hall–Kier alpha value is -1.53. The number of carboxylic acids is 1. The number of aryl methyl sites for hydroxylation is 2. The van der Waals surface area contributed by atoms with Crippen molar-refractivity contribution in [2.24, 2.45) is 7.05 Å². The molecular formula is C11H10ClN3O2S. The average molecular weight is 284 g/mol. The van der Waals surface area contributed by atoms with Crippen LogP contribution in [0.3, 0.4) is 0 Å². The number of nitrogens with zero attached hydrogens (tertiary/aromatic N) is 3. The van der Waals surface area contributed by atoms with Gasteiger partial charge in [0.2, 0.25) is 0 Å². The van der Waals surface area contributed by atoms with Gasteiger partial charge >= 0.3 is 5.97 Å². The van der Waals surface area contributed by atoms with Gasteiger partial charge < -0.3 is 5.11 Å². The van der Waals surface area contributed by atoms with Crippen LogP contribution in [0, 0.1) is 6.92 Å². The zero-order valence-electron chi connectivity index (χ0n) is 9.72. The number of hydrogen-bond donors (Lipinski definition) is 1. The highest BCUT2D eigenvalue weighted by molar-refractivity contribution is 7.99. The lowest BCUT2D eigenvalue weighted by molar-refractivity contribution is 0.0696. The summed E-state index contributed by atoms with van der Waals surface area (Å²) >= 11 is 7.10. The Morgan fingerprint density at radius 3 is 2.78 bits per heavy atom. The lowest BCUT2D eigenvalue weighted by Crippen LogP contribution is -1.99. The molecule has 0 spiro atoms. The normalized spacial score (nSPS) is 10.6. The monoisotopic (exact) mass is 283 g/mol. The van der Waals surface area contributed by atoms with Crippen LogP contribution in [-0.4, -0.2) is 25.8 Å². The predicted molar refractivity (Wildman–Crippen MR) is 68.3 cm³/mol. The molecule has 2 heterocycles. The van der Waals surface area contributed by atoms with Crippen molar-refractivity contribution >= 4 is 29.3 Å². The van der Waals surface area contributed by atoms with Crippen LogP contribution in [0.2, 0.25) is 5.02 Å². The lowest BCUT2D eigenvalue weighted by Gasteiger charge is -2.03. The zero-order valence-corrected chi connectivity index (χ0v) is 11.3. The second-order valence-electron chi connectivity index (χ2n) is 3.66. The molecule has 94 valence electrons. The van der Waals surface area contributed by atoms with E-state index in [4.69, 9.17) is 16.7 Å². The topological polar surface area (TPSA) is 68.0 Å². The van der Waals surface area contributed by atoms with Gasteiger partial charge in [-0.15, -0.1) is 0 Å². The molecule has 0 aliphatic carbocycles. The van der Waals surface area contributed by atoms with E-state index in [-0.39, 0.29) is 10.6 Å². The molecular weight excluding hydrogens is 274 g/mol. The van der Waals surface area contributed by atoms with Gasteiger partial charge in [-0.1, -0.05) is 23.4 Å². The van der Waals surface area contributed by atoms with E-state index in [0.717, 1.165) is 10.7 Å². The van der Waals surface area contributed by atoms with Crippen LogP contribution in [0.5, 0.6) is 0 Å². The van der Waals surface area contributed by atoms with Gasteiger partial charge in [0, 0.05) is 13.2 Å². The maximum Gasteiger partial charge on any atom is 0.337 e. The van der Waals surface area contributed by atoms with Gasteiger partial charge in [-0.3, -0.25) is 4.68 Å². The molecule has 0 saturated carbocycles. The molecule has 0 amide bonds. The van der Waals surface area contributed by atoms with Gasteiger partial charge in [0.15, 0.2) is 0 Å². The quantitative estimate of drug-likeness (QED) is 0.938. The first kappa shape index (κ1) is 12.9. The molecule has 0 unspecified atom stereocenters. The molecule has 5 nitrogen and oxygen atoms in total. The van der Waals surface area contributed by atoms with Crippen molar-refractivity contribution in [2.45, 2.75) is 17.0 Å². The van der Waals surface area contributed by atoms with Crippen molar-refractivity contribution in [3.8, 4) is 0 Å². The highest BCUT2D eigenvalue weighted by Gasteiger charge is 2.12. The zero-order chi connectivity index (χ0) is 13.3. The standard InChI is InChI=1S/C11H10ClN3O2S/c1-6-3-10(15(2)14-6)18-9-4-7(11(16)17)8(12)5-13-9/h3-5H,1-2H3,(H,16,17). The Balaban J connectivity index is 2.32. The minimum Gasteiger partial charge on any atom is -0.478 e. The van der Waals surface area contributed by atoms with Crippen molar-refractivity contribution in [3.63, 3.8) is 0 Å². The summed E-state index contributed by atoms with van der Waals surface area (Å²) in [5.74, 6) is -1.06. The highest BCUT2D eigenvalue weighted by Crippen LogP contribution is 2.28. The number of aromatic carboxylic acids is 1. The number of carboxylic acid groups (broad SMARTS) is 1. The van der Waals surface area contributed by atoms with Crippen molar-refractivity contribution < 1.29 is 9.90 Å². The molecule has 0 fully saturated rings. The summed E-state index contributed by atoms with van der Waals surface area (Å²) in [6.45, 7) is 1.89. The van der Waals surface area contributed by atoms with Gasteiger partial charge in [-0.2, -0.15) is 5.10 Å². The molecule has 0 bridgehead atoms. The largest absolute Gasteiger partial charge is 0.478 e. The van der Waals surface area contributed by atoms with Crippen molar-refractivity contribution in [1.29, 1.82) is 0 Å². The molecule has 1 N–H and O–H groups in total. The van der Waals surface area contributed by atoms with Crippen LogP contribution in [0.1, 0.15) is 16.1 Å². The van der Waals surface area contributed by atoms with E-state index in [1.165, 1.54) is 24.0 Å². The Labute approximate surface area is 113 Å². The van der Waals surface area contributed by atoms with Crippen LogP contribution in [0.4, 0.5) is 0 Å². The first-order valence-corrected chi connectivity index (χ1v) is 6.24. The van der Waals surface area contributed by atoms with Gasteiger partial charge in [0.05, 0.1) is 16.3 Å². The van der Waals surface area contributed by atoms with Crippen LogP contribution < -0.4 is 0 Å². The first-order chi connectivity index (χ1) is 8.47. The van der Waals surface area contributed by atoms with Crippen LogP contribution >= 0.6 is 23.4 Å². The van der Waals surface area contributed by atoms with Gasteiger partial charge in [0.25, 0.3) is 0 Å². The molecule has 0 aromatic carbocycles. The number of rotatable bonds is 3. The number of halogens is 1. The van der Waals surface area contributed by atoms with E-state index in [2.05, 4.69) is 10.1 Å². The van der Waals surface area contributed by atoms with Crippen LogP contribution in [0.25, 0.3) is 0 Å². The molecule has 18 heavy (non-hydrogen) atoms. The number of carbonyl (C=O) groups is 1. The molecule has 2 aromatic heterocycles. The molecule has 0 radical (unpaired) electrons. The van der Waals surface area contributed by atoms with Gasteiger partial charge in [-0.25, -0.2) is 9.78 Å². The van der Waals surface area contributed by atoms with E-state index in [9.17, 15) is 4.79 Å². The van der Waals surface area contributed by atoms with Crippen LogP contribution in [0.15, 0.2) is 28.4 Å². The number of aromatic nitrogens is 3. The summed E-state index contributed by atoms with van der Waals surface area (Å²) in [5, 5.41) is 14.8. The van der Waals surface area contributed by atoms with E-state index < -0.39 is 5.97 Å². The van der Waals surface area contributed by atoms with Crippen LogP contribution in [-0.2, 0) is 7.05 Å². The molecule has 2 aromatic rings. The molecule has 2 rings (SSSR count). The fourth-order valence-electron chi connectivity index (χ4n) is 1.43. The third kappa shape index (κ3) is 2.65. The second kappa shape index (κ2) is 4.99. The molecule has 7 heteroatoms. The van der Waals surface area contributed by atoms with Gasteiger partial charge in [0.1, 0.15) is 10.1 Å². The summed E-state index contributed by atoms with van der Waals surface area (Å²) in [6, 6.07) is 3.36. The molecule has 0 atom stereocenters. The summed E-state index contributed by atoms with van der Waals surface area (Å²) in [7, 11) is 1.82. The minimum absolute atomic E-state index is 0.0491. The molecule has 0 aliphatic heterocycles. The smallest absolute Gasteiger partial charge is 0.337 e. The third-order valence-corrected chi connectivity index (χ3v) is 3.55. The Kier molecular flexibility index (Phi) is 3.58. The fourth-order valence-corrected chi connectivity index (χ4v) is 2.51. The summed E-state index contributed by atoms with van der Waals surface area (Å²) in [6.07, 6.45) is 1.34. The molecule has 0 aliphatic rings. The Morgan fingerprint density at radius 2 is 2.22 bits per heavy atom. The Bertz CT molecular complexity index is 612. The van der Waals surface area contributed by atoms with E-state index >= 15 is 0 Å². The summed E-state index contributed by atoms with van der Waals surface area (Å²) < 4.78 is 1.72. The SMILES string of the molecule is Cc1cc(Sc2cc(C(=O)O)c(Cl)cn2)n(C)n1. The summed E-state index contributed by atoms with van der Waals surface area (Å²) in [5.41, 5.74) is 0.945. The predicted octanol–water partition coefficient (Wildman–Crippen LogP) is 2.63. The minimum atomic E-state index is -1.06. The molecule has 0 saturated heterocycles. The van der Waals surface area contributed by atoms with Crippen molar-refractivity contribution in [3.05, 3.63) is 34.6 Å². The Morgan fingerprint density at radius 1 is 1.50 bits per heavy atom. The van der Waals surface area contributed by atoms with Gasteiger partial charge in [-0.05, 0) is 19.1 Å². The maximum atomic E-state index is 11.0. The first-order valence-electron chi connectivity index (χ1n) is 5.04. The number of hydrogen-bond acceptors (Lipinski definition) is 4. The van der Waals surface area contributed by atoms with E-state index in [1.54, 1.807) is 4.68 Å². The van der Waals surface area contributed by atoms with Crippen molar-refractivity contribution in [2.75, 3.05) is 0 Å². The lowest BCUT2D eigenvalue weighted by atomic mass is 10.3. The highest BCUT2D eigenvalue weighted by atomic mass is 35.5. The maximum absolute atomic E-state index is 11.0. The second-order valence-corrected chi connectivity index (χ2v) is 5.11. The number of pyridine rings is 1. The average Bonchev–Trinajstić information content (AvgIpc) is 2.60.